The predicted molar refractivity (Wildman–Crippen MR) is 123 cm³/mol. The van der Waals surface area contributed by atoms with E-state index >= 15 is 0 Å². The molecule has 4 aromatic rings. The zero-order valence-corrected chi connectivity index (χ0v) is 18.2. The largest absolute Gasteiger partial charge is 0.258 e. The Labute approximate surface area is 173 Å². The first-order valence-corrected chi connectivity index (χ1v) is 10.6. The second-order valence-corrected chi connectivity index (χ2v) is 9.56. The quantitative estimate of drug-likeness (QED) is 0.378. The first kappa shape index (κ1) is 18.3. The van der Waals surface area contributed by atoms with Crippen molar-refractivity contribution < 1.29 is 0 Å². The number of hydrogen-bond donors (Lipinski definition) is 0. The molecule has 0 bridgehead atoms. The van der Waals surface area contributed by atoms with E-state index in [0.29, 0.717) is 5.92 Å². The maximum absolute atomic E-state index is 4.87. The van der Waals surface area contributed by atoms with Gasteiger partial charge in [-0.25, -0.2) is 0 Å². The summed E-state index contributed by atoms with van der Waals surface area (Å²) in [5.41, 5.74) is 8.67. The summed E-state index contributed by atoms with van der Waals surface area (Å²) in [6.07, 6.45) is 3.07. The van der Waals surface area contributed by atoms with Gasteiger partial charge >= 0.3 is 0 Å². The standard InChI is InChI=1S/C27H28N2/c1-15(2)11-18-13-19-9-10-28-26-21-8-7-20-17(4)29-16(3)12-22(20)25(21)27(5,6)23(14-18)24(19)26/h7-10,12-15H,11H2,1-6H3. The molecule has 29 heavy (non-hydrogen) atoms. The van der Waals surface area contributed by atoms with E-state index in [1.54, 1.807) is 0 Å². The van der Waals surface area contributed by atoms with Crippen molar-refractivity contribution >= 4 is 21.5 Å². The Morgan fingerprint density at radius 3 is 2.52 bits per heavy atom. The topological polar surface area (TPSA) is 25.8 Å². The van der Waals surface area contributed by atoms with E-state index < -0.39 is 0 Å². The molecule has 0 unspecified atom stereocenters. The van der Waals surface area contributed by atoms with E-state index in [-0.39, 0.29) is 5.41 Å². The van der Waals surface area contributed by atoms with Crippen LogP contribution in [0.4, 0.5) is 0 Å². The van der Waals surface area contributed by atoms with Crippen LogP contribution in [-0.4, -0.2) is 9.97 Å². The molecule has 0 amide bonds. The monoisotopic (exact) mass is 380 g/mol. The van der Waals surface area contributed by atoms with Gasteiger partial charge in [0.15, 0.2) is 0 Å². The van der Waals surface area contributed by atoms with Crippen molar-refractivity contribution in [2.75, 3.05) is 0 Å². The minimum absolute atomic E-state index is 0.101. The smallest absolute Gasteiger partial charge is 0.0786 e. The van der Waals surface area contributed by atoms with Crippen LogP contribution in [0.3, 0.4) is 0 Å². The molecule has 0 saturated carbocycles. The molecule has 0 fully saturated rings. The van der Waals surface area contributed by atoms with Crippen LogP contribution in [0.15, 0.2) is 42.6 Å². The summed E-state index contributed by atoms with van der Waals surface area (Å²) >= 11 is 0. The van der Waals surface area contributed by atoms with Gasteiger partial charge in [-0.15, -0.1) is 0 Å². The lowest BCUT2D eigenvalue weighted by molar-refractivity contribution is 0.633. The number of rotatable bonds is 2. The molecule has 0 atom stereocenters. The van der Waals surface area contributed by atoms with Crippen molar-refractivity contribution in [3.63, 3.8) is 0 Å². The number of fused-ring (bicyclic) bond motifs is 4. The van der Waals surface area contributed by atoms with Gasteiger partial charge in [-0.2, -0.15) is 0 Å². The highest BCUT2D eigenvalue weighted by molar-refractivity contribution is 6.06. The molecule has 0 N–H and O–H groups in total. The minimum atomic E-state index is -0.101. The first-order chi connectivity index (χ1) is 13.8. The Kier molecular flexibility index (Phi) is 3.87. The van der Waals surface area contributed by atoms with Gasteiger partial charge in [0, 0.05) is 39.3 Å². The summed E-state index contributed by atoms with van der Waals surface area (Å²) in [4.78, 5) is 9.58. The number of benzene rings is 2. The fourth-order valence-corrected chi connectivity index (χ4v) is 5.32. The Bertz CT molecular complexity index is 1300. The van der Waals surface area contributed by atoms with E-state index in [2.05, 4.69) is 77.9 Å². The lowest BCUT2D eigenvalue weighted by Gasteiger charge is -2.36. The molecule has 2 heteroatoms. The third-order valence-corrected chi connectivity index (χ3v) is 6.45. The molecule has 2 aromatic carbocycles. The molecule has 0 spiro atoms. The van der Waals surface area contributed by atoms with Gasteiger partial charge in [0.25, 0.3) is 0 Å². The molecule has 0 aliphatic heterocycles. The van der Waals surface area contributed by atoms with E-state index in [9.17, 15) is 0 Å². The van der Waals surface area contributed by atoms with Crippen LogP contribution in [-0.2, 0) is 11.8 Å². The molecular weight excluding hydrogens is 352 g/mol. The molecule has 2 aromatic heterocycles. The van der Waals surface area contributed by atoms with Crippen molar-refractivity contribution in [2.24, 2.45) is 5.92 Å². The van der Waals surface area contributed by atoms with Gasteiger partial charge in [0.1, 0.15) is 0 Å². The Balaban J connectivity index is 1.94. The van der Waals surface area contributed by atoms with Crippen molar-refractivity contribution in [3.05, 3.63) is 70.7 Å². The van der Waals surface area contributed by atoms with Gasteiger partial charge in [0.2, 0.25) is 0 Å². The molecule has 0 saturated heterocycles. The molecule has 0 radical (unpaired) electrons. The van der Waals surface area contributed by atoms with Gasteiger partial charge in [0.05, 0.1) is 5.69 Å². The fraction of sp³-hybridized carbons (Fsp3) is 0.333. The zero-order chi connectivity index (χ0) is 20.5. The maximum Gasteiger partial charge on any atom is 0.0786 e. The van der Waals surface area contributed by atoms with Crippen LogP contribution in [0.2, 0.25) is 0 Å². The van der Waals surface area contributed by atoms with Gasteiger partial charge < -0.3 is 0 Å². The summed E-state index contributed by atoms with van der Waals surface area (Å²) in [6.45, 7) is 13.5. The van der Waals surface area contributed by atoms with Crippen molar-refractivity contribution in [3.8, 4) is 11.3 Å². The number of aryl methyl sites for hydroxylation is 2. The normalized spacial score (nSPS) is 14.6. The molecule has 1 aliphatic carbocycles. The van der Waals surface area contributed by atoms with Crippen molar-refractivity contribution in [1.82, 2.24) is 9.97 Å². The average molecular weight is 381 g/mol. The molecular formula is C27H28N2. The molecule has 5 rings (SSSR count). The fourth-order valence-electron chi connectivity index (χ4n) is 5.32. The lowest BCUT2D eigenvalue weighted by Crippen LogP contribution is -2.25. The van der Waals surface area contributed by atoms with Crippen molar-refractivity contribution in [2.45, 2.75) is 53.4 Å². The van der Waals surface area contributed by atoms with E-state index in [4.69, 9.17) is 9.97 Å². The van der Waals surface area contributed by atoms with Crippen LogP contribution in [0.5, 0.6) is 0 Å². The first-order valence-electron chi connectivity index (χ1n) is 10.6. The molecule has 2 nitrogen and oxygen atoms in total. The number of nitrogens with zero attached hydrogens (tertiary/aromatic N) is 2. The SMILES string of the molecule is Cc1cc2c3c(ccc2c(C)n1)-c1nccc2cc(CC(C)C)cc(c12)C3(C)C. The van der Waals surface area contributed by atoms with Gasteiger partial charge in [-0.1, -0.05) is 52.0 Å². The number of hydrogen-bond acceptors (Lipinski definition) is 2. The van der Waals surface area contributed by atoms with Crippen LogP contribution in [0, 0.1) is 19.8 Å². The van der Waals surface area contributed by atoms with Gasteiger partial charge in [-0.05, 0) is 65.8 Å². The molecule has 146 valence electrons. The summed E-state index contributed by atoms with van der Waals surface area (Å²) in [7, 11) is 0. The highest BCUT2D eigenvalue weighted by Crippen LogP contribution is 2.50. The molecule has 1 aliphatic rings. The van der Waals surface area contributed by atoms with Crippen LogP contribution in [0.1, 0.15) is 55.8 Å². The summed E-state index contributed by atoms with van der Waals surface area (Å²) in [5, 5.41) is 5.19. The average Bonchev–Trinajstić information content (AvgIpc) is 2.64. The van der Waals surface area contributed by atoms with Crippen LogP contribution in [0.25, 0.3) is 32.8 Å². The second kappa shape index (κ2) is 6.13. The second-order valence-electron chi connectivity index (χ2n) is 9.56. The van der Waals surface area contributed by atoms with E-state index in [1.807, 2.05) is 6.20 Å². The van der Waals surface area contributed by atoms with Crippen molar-refractivity contribution in [1.29, 1.82) is 0 Å². The number of aromatic nitrogens is 2. The third kappa shape index (κ3) is 2.62. The maximum atomic E-state index is 4.87. The summed E-state index contributed by atoms with van der Waals surface area (Å²) < 4.78 is 0. The van der Waals surface area contributed by atoms with E-state index in [1.165, 1.54) is 43.8 Å². The third-order valence-electron chi connectivity index (χ3n) is 6.45. The summed E-state index contributed by atoms with van der Waals surface area (Å²) in [6, 6.07) is 13.7. The Morgan fingerprint density at radius 2 is 1.76 bits per heavy atom. The van der Waals surface area contributed by atoms with Crippen LogP contribution < -0.4 is 0 Å². The van der Waals surface area contributed by atoms with Gasteiger partial charge in [-0.3, -0.25) is 9.97 Å². The zero-order valence-electron chi connectivity index (χ0n) is 18.2. The number of pyridine rings is 2. The minimum Gasteiger partial charge on any atom is -0.258 e. The molecule has 2 heterocycles. The van der Waals surface area contributed by atoms with E-state index in [0.717, 1.165) is 23.5 Å². The van der Waals surface area contributed by atoms with Crippen LogP contribution >= 0.6 is 0 Å². The summed E-state index contributed by atoms with van der Waals surface area (Å²) in [5.74, 6) is 0.636. The Hall–Kier alpha value is -2.74. The lowest BCUT2D eigenvalue weighted by atomic mass is 9.67. The Morgan fingerprint density at radius 1 is 0.966 bits per heavy atom. The predicted octanol–water partition coefficient (Wildman–Crippen LogP) is 6.90. The highest BCUT2D eigenvalue weighted by Gasteiger charge is 2.36. The highest BCUT2D eigenvalue weighted by atomic mass is 14.7.